The molecule has 300 valence electrons. The number of aliphatic hydroxyl groups is 12. The average Bonchev–Trinajstić information content (AvgIpc) is 3.12. The van der Waals surface area contributed by atoms with Crippen LogP contribution in [0.3, 0.4) is 0 Å². The molecule has 4 fully saturated rings. The van der Waals surface area contributed by atoms with Gasteiger partial charge < -0.3 is 105 Å². The van der Waals surface area contributed by atoms with Gasteiger partial charge in [0.15, 0.2) is 25.2 Å². The van der Waals surface area contributed by atoms with Crippen molar-refractivity contribution in [2.24, 2.45) is 5.73 Å². The summed E-state index contributed by atoms with van der Waals surface area (Å²) in [6, 6.07) is 0. The number of ether oxygens (including phenoxy) is 8. The van der Waals surface area contributed by atoms with E-state index in [1.807, 2.05) is 0 Å². The molecule has 22 heteroatoms. The van der Waals surface area contributed by atoms with Crippen molar-refractivity contribution in [3.05, 3.63) is 0 Å². The van der Waals surface area contributed by atoms with Gasteiger partial charge in [0.25, 0.3) is 0 Å². The first-order valence-corrected chi connectivity index (χ1v) is 17.9. The molecule has 4 aliphatic rings. The summed E-state index contributed by atoms with van der Waals surface area (Å²) in [5, 5.41) is 126. The van der Waals surface area contributed by atoms with Crippen molar-refractivity contribution < 1.29 is 99.2 Å². The SMILES string of the molecule is CC1OC(O[C@@H]2C(O[C@H]3C(O)C(O)C(OCCCSCCN)O[C@H]3CO)OC(CO)[C@H](O)[C@@H]2OC2OC(CO)[C@H](O)[C@H](O)[C@@H]2O)[C@H](O)[C@@H](O)[C@@H]1O. The van der Waals surface area contributed by atoms with E-state index in [1.165, 1.54) is 6.92 Å². The van der Waals surface area contributed by atoms with E-state index in [0.717, 1.165) is 5.75 Å². The number of hydrogen-bond donors (Lipinski definition) is 13. The largest absolute Gasteiger partial charge is 0.394 e. The van der Waals surface area contributed by atoms with Crippen molar-refractivity contribution in [2.75, 3.05) is 44.5 Å². The highest BCUT2D eigenvalue weighted by atomic mass is 32.2. The number of nitrogens with two attached hydrogens (primary N) is 1. The molecule has 0 aromatic carbocycles. The fraction of sp³-hybridized carbons (Fsp3) is 1.00. The summed E-state index contributed by atoms with van der Waals surface area (Å²) >= 11 is 1.60. The second-order valence-electron chi connectivity index (χ2n) is 12.7. The minimum atomic E-state index is -1.97. The zero-order chi connectivity index (χ0) is 37.6. The van der Waals surface area contributed by atoms with E-state index in [1.54, 1.807) is 11.8 Å². The van der Waals surface area contributed by atoms with Crippen molar-refractivity contribution in [1.82, 2.24) is 0 Å². The Bertz CT molecular complexity index is 1020. The highest BCUT2D eigenvalue weighted by molar-refractivity contribution is 7.99. The molecule has 4 aliphatic heterocycles. The maximum absolute atomic E-state index is 11.3. The predicted molar refractivity (Wildman–Crippen MR) is 167 cm³/mol. The molecule has 14 N–H and O–H groups in total. The van der Waals surface area contributed by atoms with Gasteiger partial charge in [-0.05, 0) is 19.1 Å². The zero-order valence-electron chi connectivity index (χ0n) is 27.8. The minimum absolute atomic E-state index is 0.132. The van der Waals surface area contributed by atoms with Crippen molar-refractivity contribution in [3.8, 4) is 0 Å². The first kappa shape index (κ1) is 43.2. The van der Waals surface area contributed by atoms with E-state index in [-0.39, 0.29) is 6.61 Å². The lowest BCUT2D eigenvalue weighted by molar-refractivity contribution is -0.405. The van der Waals surface area contributed by atoms with E-state index >= 15 is 0 Å². The molecule has 4 rings (SSSR count). The molecule has 0 amide bonds. The molecule has 21 nitrogen and oxygen atoms in total. The summed E-state index contributed by atoms with van der Waals surface area (Å²) in [5.74, 6) is 1.45. The fourth-order valence-corrected chi connectivity index (χ4v) is 6.82. The second kappa shape index (κ2) is 19.9. The van der Waals surface area contributed by atoms with Crippen molar-refractivity contribution >= 4 is 11.8 Å². The quantitative estimate of drug-likeness (QED) is 0.0649. The Kier molecular flexibility index (Phi) is 16.9. The summed E-state index contributed by atoms with van der Waals surface area (Å²) < 4.78 is 45.9. The Hall–Kier alpha value is -0.490. The molecule has 0 aromatic heterocycles. The van der Waals surface area contributed by atoms with Gasteiger partial charge in [-0.25, -0.2) is 0 Å². The minimum Gasteiger partial charge on any atom is -0.394 e. The molecular weight excluding hydrogens is 714 g/mol. The number of aliphatic hydroxyl groups excluding tert-OH is 12. The molecule has 0 radical (unpaired) electrons. The number of rotatable bonds is 16. The van der Waals surface area contributed by atoms with E-state index < -0.39 is 143 Å². The molecule has 0 spiro atoms. The van der Waals surface area contributed by atoms with Crippen LogP contribution < -0.4 is 5.73 Å². The molecule has 4 saturated heterocycles. The third-order valence-electron chi connectivity index (χ3n) is 9.13. The summed E-state index contributed by atoms with van der Waals surface area (Å²) in [4.78, 5) is 0. The Labute approximate surface area is 297 Å². The van der Waals surface area contributed by atoms with Crippen LogP contribution in [0, 0.1) is 0 Å². The van der Waals surface area contributed by atoms with Gasteiger partial charge in [-0.1, -0.05) is 0 Å². The molecule has 0 aromatic rings. The lowest BCUT2D eigenvalue weighted by Crippen LogP contribution is -2.68. The third kappa shape index (κ3) is 10.0. The van der Waals surface area contributed by atoms with Crippen LogP contribution in [0.1, 0.15) is 13.3 Å². The Morgan fingerprint density at radius 3 is 1.65 bits per heavy atom. The van der Waals surface area contributed by atoms with Crippen molar-refractivity contribution in [3.63, 3.8) is 0 Å². The Morgan fingerprint density at radius 1 is 0.510 bits per heavy atom. The predicted octanol–water partition coefficient (Wildman–Crippen LogP) is -7.61. The monoisotopic (exact) mass is 767 g/mol. The van der Waals surface area contributed by atoms with Crippen LogP contribution in [-0.4, -0.2) is 229 Å². The Morgan fingerprint density at radius 2 is 1.02 bits per heavy atom. The topological polar surface area (TPSA) is 343 Å². The van der Waals surface area contributed by atoms with Crippen LogP contribution in [0.25, 0.3) is 0 Å². The average molecular weight is 768 g/mol. The second-order valence-corrected chi connectivity index (χ2v) is 14.0. The molecule has 51 heavy (non-hydrogen) atoms. The highest BCUT2D eigenvalue weighted by Gasteiger charge is 2.56. The van der Waals surface area contributed by atoms with Gasteiger partial charge >= 0.3 is 0 Å². The van der Waals surface area contributed by atoms with Crippen LogP contribution in [0.15, 0.2) is 0 Å². The van der Waals surface area contributed by atoms with E-state index in [4.69, 9.17) is 43.6 Å². The lowest BCUT2D eigenvalue weighted by Gasteiger charge is -2.50. The maximum Gasteiger partial charge on any atom is 0.187 e. The lowest BCUT2D eigenvalue weighted by atomic mass is 9.95. The highest BCUT2D eigenvalue weighted by Crippen LogP contribution is 2.36. The van der Waals surface area contributed by atoms with Crippen molar-refractivity contribution in [1.29, 1.82) is 0 Å². The van der Waals surface area contributed by atoms with Crippen molar-refractivity contribution in [2.45, 2.75) is 136 Å². The number of thioether (sulfide) groups is 1. The zero-order valence-corrected chi connectivity index (χ0v) is 28.6. The standard InChI is InChI=1S/C29H53NO20S/c1-10-14(34)17(37)20(40)27(44-10)50-25-24(49-28-21(41)18(38)15(35)11(7-31)45-28)16(36)12(8-32)46-29(25)48-23-13(9-33)47-26(22(42)19(23)39)43-4-2-5-51-6-3-30/h10-29,31-42H,2-9,30H2,1H3/t10?,11?,12?,13-,14+,15-,16-,17-,18-,19?,20+,21-,22?,23+,24-,25-,26?,27?,28?,29?/m0/s1. The third-order valence-corrected chi connectivity index (χ3v) is 10.2. The van der Waals surface area contributed by atoms with Crippen LogP contribution in [0.5, 0.6) is 0 Å². The van der Waals surface area contributed by atoms with Crippen LogP contribution >= 0.6 is 11.8 Å². The molecule has 20 atom stereocenters. The Balaban J connectivity index is 1.61. The van der Waals surface area contributed by atoms with Gasteiger partial charge in [-0.3, -0.25) is 0 Å². The van der Waals surface area contributed by atoms with Crippen LogP contribution in [-0.2, 0) is 37.9 Å². The van der Waals surface area contributed by atoms with Crippen LogP contribution in [0.4, 0.5) is 0 Å². The van der Waals surface area contributed by atoms with Gasteiger partial charge in [-0.15, -0.1) is 0 Å². The first-order valence-electron chi connectivity index (χ1n) is 16.7. The molecular formula is C29H53NO20S. The molecule has 0 saturated carbocycles. The van der Waals surface area contributed by atoms with Gasteiger partial charge in [0.05, 0.1) is 32.5 Å². The molecule has 4 heterocycles. The normalized spacial score (nSPS) is 48.1. The molecule has 0 bridgehead atoms. The summed E-state index contributed by atoms with van der Waals surface area (Å²) in [6.07, 6.45) is -33.4. The number of hydrogen-bond acceptors (Lipinski definition) is 22. The maximum atomic E-state index is 11.3. The van der Waals surface area contributed by atoms with Gasteiger partial charge in [0, 0.05) is 12.3 Å². The van der Waals surface area contributed by atoms with Gasteiger partial charge in [0.1, 0.15) is 91.6 Å². The summed E-state index contributed by atoms with van der Waals surface area (Å²) in [6.45, 7) is -0.485. The van der Waals surface area contributed by atoms with E-state index in [0.29, 0.717) is 18.7 Å². The summed E-state index contributed by atoms with van der Waals surface area (Å²) in [7, 11) is 0. The van der Waals surface area contributed by atoms with E-state index in [9.17, 15) is 61.3 Å². The van der Waals surface area contributed by atoms with Gasteiger partial charge in [-0.2, -0.15) is 11.8 Å². The first-order chi connectivity index (χ1) is 24.3. The fourth-order valence-electron chi connectivity index (χ4n) is 6.13. The smallest absolute Gasteiger partial charge is 0.187 e. The molecule has 9 unspecified atom stereocenters. The molecule has 0 aliphatic carbocycles. The van der Waals surface area contributed by atoms with E-state index in [2.05, 4.69) is 0 Å². The van der Waals surface area contributed by atoms with Crippen LogP contribution in [0.2, 0.25) is 0 Å². The van der Waals surface area contributed by atoms with Gasteiger partial charge in [0.2, 0.25) is 0 Å². The summed E-state index contributed by atoms with van der Waals surface area (Å²) in [5.41, 5.74) is 5.48.